The van der Waals surface area contributed by atoms with Crippen LogP contribution < -0.4 is 9.80 Å². The molecule has 0 bridgehead atoms. The Morgan fingerprint density at radius 1 is 0.283 bits per heavy atom. The molecular formula is C50H35N3. The number of benzene rings is 8. The summed E-state index contributed by atoms with van der Waals surface area (Å²) in [7, 11) is 0. The van der Waals surface area contributed by atoms with Crippen LogP contribution >= 0.6 is 0 Å². The summed E-state index contributed by atoms with van der Waals surface area (Å²) in [5.74, 6) is 0. The Kier molecular flexibility index (Phi) is 6.68. The largest absolute Gasteiger partial charge is 0.338 e. The molecule has 0 N–H and O–H groups in total. The molecule has 0 unspecified atom stereocenters. The summed E-state index contributed by atoms with van der Waals surface area (Å²) in [6.45, 7) is 1.75. The zero-order valence-corrected chi connectivity index (χ0v) is 29.2. The molecule has 0 amide bonds. The van der Waals surface area contributed by atoms with Gasteiger partial charge in [0.05, 0.1) is 22.4 Å². The molecule has 0 saturated heterocycles. The molecule has 53 heavy (non-hydrogen) atoms. The molecule has 0 radical (unpaired) electrons. The van der Waals surface area contributed by atoms with Crippen molar-refractivity contribution >= 4 is 44.6 Å². The molecular weight excluding hydrogens is 643 g/mol. The first-order valence-corrected chi connectivity index (χ1v) is 18.5. The minimum atomic E-state index is 0.873. The number of anilines is 4. The third kappa shape index (κ3) is 4.60. The van der Waals surface area contributed by atoms with E-state index in [-0.39, 0.29) is 0 Å². The molecule has 0 atom stereocenters. The number of aromatic nitrogens is 1. The first-order valence-electron chi connectivity index (χ1n) is 18.5. The van der Waals surface area contributed by atoms with Crippen LogP contribution in [0.25, 0.3) is 72.0 Å². The number of hydrogen-bond acceptors (Lipinski definition) is 2. The van der Waals surface area contributed by atoms with E-state index < -0.39 is 0 Å². The van der Waals surface area contributed by atoms with Crippen molar-refractivity contribution in [2.45, 2.75) is 0 Å². The predicted octanol–water partition coefficient (Wildman–Crippen LogP) is 13.1. The van der Waals surface area contributed by atoms with E-state index in [2.05, 4.69) is 202 Å². The molecule has 0 fully saturated rings. The second-order valence-corrected chi connectivity index (χ2v) is 14.1. The second-order valence-electron chi connectivity index (χ2n) is 14.1. The maximum Gasteiger partial charge on any atom is 0.0659 e. The Morgan fingerprint density at radius 2 is 0.660 bits per heavy atom. The summed E-state index contributed by atoms with van der Waals surface area (Å²) in [6.07, 6.45) is 0. The van der Waals surface area contributed by atoms with Crippen LogP contribution in [-0.4, -0.2) is 17.7 Å². The van der Waals surface area contributed by atoms with E-state index in [1.54, 1.807) is 0 Å². The van der Waals surface area contributed by atoms with Crippen molar-refractivity contribution in [2.24, 2.45) is 0 Å². The topological polar surface area (TPSA) is 11.4 Å². The highest BCUT2D eigenvalue weighted by atomic mass is 15.3. The summed E-state index contributed by atoms with van der Waals surface area (Å²) in [6, 6.07) is 69.2. The molecule has 0 spiro atoms. The number of fused-ring (bicyclic) bond motifs is 12. The van der Waals surface area contributed by atoms with Crippen molar-refractivity contribution in [3.8, 4) is 50.2 Å². The van der Waals surface area contributed by atoms with Crippen molar-refractivity contribution in [3.05, 3.63) is 188 Å². The van der Waals surface area contributed by atoms with Crippen LogP contribution in [0.15, 0.2) is 188 Å². The van der Waals surface area contributed by atoms with Gasteiger partial charge in [0.2, 0.25) is 0 Å². The molecule has 0 saturated carbocycles. The first-order chi connectivity index (χ1) is 26.3. The van der Waals surface area contributed by atoms with Crippen molar-refractivity contribution < 1.29 is 0 Å². The van der Waals surface area contributed by atoms with Crippen LogP contribution in [0.4, 0.5) is 22.7 Å². The lowest BCUT2D eigenvalue weighted by atomic mass is 9.80. The smallest absolute Gasteiger partial charge is 0.0659 e. The zero-order chi connectivity index (χ0) is 34.9. The number of rotatable bonds is 3. The van der Waals surface area contributed by atoms with Crippen LogP contribution in [0.3, 0.4) is 0 Å². The third-order valence-corrected chi connectivity index (χ3v) is 11.2. The normalized spacial score (nSPS) is 13.1. The lowest BCUT2D eigenvalue weighted by molar-refractivity contribution is 0.850. The molecule has 1 aromatic heterocycles. The van der Waals surface area contributed by atoms with Gasteiger partial charge in [0, 0.05) is 40.9 Å². The van der Waals surface area contributed by atoms with Gasteiger partial charge in [-0.3, -0.25) is 0 Å². The van der Waals surface area contributed by atoms with Crippen molar-refractivity contribution in [3.63, 3.8) is 0 Å². The highest BCUT2D eigenvalue weighted by Gasteiger charge is 2.30. The number of hydrogen-bond donors (Lipinski definition) is 0. The Hall–Kier alpha value is -6.84. The summed E-state index contributed by atoms with van der Waals surface area (Å²) in [4.78, 5) is 5.00. The van der Waals surface area contributed by atoms with E-state index in [9.17, 15) is 0 Å². The predicted molar refractivity (Wildman–Crippen MR) is 223 cm³/mol. The molecule has 3 heteroatoms. The third-order valence-electron chi connectivity index (χ3n) is 11.2. The van der Waals surface area contributed by atoms with Crippen LogP contribution in [0.5, 0.6) is 0 Å². The lowest BCUT2D eigenvalue weighted by Gasteiger charge is -2.40. The van der Waals surface area contributed by atoms with Crippen molar-refractivity contribution in [1.29, 1.82) is 0 Å². The van der Waals surface area contributed by atoms with Crippen molar-refractivity contribution in [1.82, 2.24) is 4.57 Å². The van der Waals surface area contributed by atoms with E-state index in [1.807, 2.05) is 0 Å². The molecule has 1 aliphatic carbocycles. The molecule has 2 aliphatic rings. The minimum Gasteiger partial charge on any atom is -0.338 e. The van der Waals surface area contributed by atoms with Gasteiger partial charge in [-0.15, -0.1) is 0 Å². The Bertz CT molecular complexity index is 2800. The fourth-order valence-corrected chi connectivity index (χ4v) is 8.88. The SMILES string of the molecule is c1ccc(N2CCN(c3ccccc3)c3cc4c(cc32)-c2ccccc2-c2ccccc2-c2ccc(-n3c5ccccc5c5ccccc53)cc2-4)cc1. The van der Waals surface area contributed by atoms with Crippen LogP contribution in [0, 0.1) is 0 Å². The van der Waals surface area contributed by atoms with Gasteiger partial charge >= 0.3 is 0 Å². The first kappa shape index (κ1) is 29.8. The maximum atomic E-state index is 2.50. The van der Waals surface area contributed by atoms with Gasteiger partial charge in [0.25, 0.3) is 0 Å². The quantitative estimate of drug-likeness (QED) is 0.184. The average Bonchev–Trinajstić information content (AvgIpc) is 3.57. The molecule has 8 aromatic carbocycles. The summed E-state index contributed by atoms with van der Waals surface area (Å²) < 4.78 is 2.44. The molecule has 2 heterocycles. The molecule has 3 nitrogen and oxygen atoms in total. The van der Waals surface area contributed by atoms with Crippen molar-refractivity contribution in [2.75, 3.05) is 22.9 Å². The summed E-state index contributed by atoms with van der Waals surface area (Å²) >= 11 is 0. The summed E-state index contributed by atoms with van der Waals surface area (Å²) in [5, 5.41) is 2.53. The fraction of sp³-hybridized carbons (Fsp3) is 0.0400. The van der Waals surface area contributed by atoms with E-state index in [4.69, 9.17) is 0 Å². The number of para-hydroxylation sites is 4. The fourth-order valence-electron chi connectivity index (χ4n) is 8.88. The highest BCUT2D eigenvalue weighted by molar-refractivity contribution is 6.10. The minimum absolute atomic E-state index is 0.873. The highest BCUT2D eigenvalue weighted by Crippen LogP contribution is 2.53. The Balaban J connectivity index is 1.25. The molecule has 1 aliphatic heterocycles. The Labute approximate surface area is 309 Å². The van der Waals surface area contributed by atoms with Gasteiger partial charge in [-0.2, -0.15) is 0 Å². The van der Waals surface area contributed by atoms with E-state index in [0.29, 0.717) is 0 Å². The Morgan fingerprint density at radius 3 is 1.17 bits per heavy atom. The monoisotopic (exact) mass is 677 g/mol. The van der Waals surface area contributed by atoms with Crippen LogP contribution in [-0.2, 0) is 0 Å². The molecule has 9 aromatic rings. The molecule has 250 valence electrons. The van der Waals surface area contributed by atoms with Crippen LogP contribution in [0.2, 0.25) is 0 Å². The van der Waals surface area contributed by atoms with Gasteiger partial charge in [0.15, 0.2) is 0 Å². The zero-order valence-electron chi connectivity index (χ0n) is 29.2. The number of nitrogens with zero attached hydrogens (tertiary/aromatic N) is 3. The van der Waals surface area contributed by atoms with E-state index in [1.165, 1.54) is 89.1 Å². The maximum absolute atomic E-state index is 2.50. The van der Waals surface area contributed by atoms with Gasteiger partial charge in [-0.25, -0.2) is 0 Å². The van der Waals surface area contributed by atoms with E-state index >= 15 is 0 Å². The summed E-state index contributed by atoms with van der Waals surface area (Å²) in [5.41, 5.74) is 18.4. The standard InChI is InChI=1S/C50H35N3/c1-3-15-34(16-4-1)51-29-30-52(35-17-5-2-6-18-35)50-33-46-44-31-36(53-47-25-13-11-23-42(47)43-24-12-14-26-48(43)53)27-28-41(44)39-21-8-7-19-37(39)38-20-9-10-22-40(38)45(46)32-49(50)51/h1-28,31-33H,29-30H2. The van der Waals surface area contributed by atoms with E-state index in [0.717, 1.165) is 18.8 Å². The second kappa shape index (κ2) is 11.9. The van der Waals surface area contributed by atoms with Gasteiger partial charge in [-0.05, 0) is 105 Å². The van der Waals surface area contributed by atoms with Crippen LogP contribution in [0.1, 0.15) is 0 Å². The average molecular weight is 678 g/mol. The van der Waals surface area contributed by atoms with Gasteiger partial charge < -0.3 is 14.4 Å². The van der Waals surface area contributed by atoms with Gasteiger partial charge in [-0.1, -0.05) is 127 Å². The molecule has 11 rings (SSSR count). The van der Waals surface area contributed by atoms with Gasteiger partial charge in [0.1, 0.15) is 0 Å². The lowest BCUT2D eigenvalue weighted by Crippen LogP contribution is -2.36.